The molecule has 2 heterocycles. The monoisotopic (exact) mass is 421 g/mol. The molecule has 0 radical (unpaired) electrons. The Balaban J connectivity index is 1.81. The molecule has 0 spiro atoms. The number of nitrogens with zero attached hydrogens (tertiary/aromatic N) is 3. The number of anilines is 2. The van der Waals surface area contributed by atoms with Crippen molar-refractivity contribution in [2.24, 2.45) is 0 Å². The van der Waals surface area contributed by atoms with Gasteiger partial charge in [0.25, 0.3) is 0 Å². The molecule has 25 heavy (non-hydrogen) atoms. The van der Waals surface area contributed by atoms with Crippen LogP contribution < -0.4 is 11.1 Å². The van der Waals surface area contributed by atoms with E-state index in [0.717, 1.165) is 10.0 Å². The zero-order valence-electron chi connectivity index (χ0n) is 13.0. The SMILES string of the molecule is Nc1nc2n(n1)[C@@H](c1c(F)cccc1Cl)C[C@@H](c1ccc(Br)cc1)N2. The molecule has 3 aromatic rings. The minimum atomic E-state index is -0.400. The van der Waals surface area contributed by atoms with Crippen molar-refractivity contribution < 1.29 is 4.39 Å². The van der Waals surface area contributed by atoms with Crippen molar-refractivity contribution in [3.63, 3.8) is 0 Å². The van der Waals surface area contributed by atoms with Gasteiger partial charge in [0, 0.05) is 15.1 Å². The Hall–Kier alpha value is -2.12. The summed E-state index contributed by atoms with van der Waals surface area (Å²) >= 11 is 9.73. The van der Waals surface area contributed by atoms with E-state index in [9.17, 15) is 4.39 Å². The van der Waals surface area contributed by atoms with E-state index in [4.69, 9.17) is 17.3 Å². The molecule has 5 nitrogen and oxygen atoms in total. The molecule has 0 saturated heterocycles. The van der Waals surface area contributed by atoms with E-state index in [1.54, 1.807) is 16.8 Å². The van der Waals surface area contributed by atoms with Crippen molar-refractivity contribution in [2.75, 3.05) is 11.1 Å². The third-order valence-corrected chi connectivity index (χ3v) is 5.17. The fourth-order valence-corrected chi connectivity index (χ4v) is 3.73. The molecule has 3 N–H and O–H groups in total. The Morgan fingerprint density at radius 3 is 2.72 bits per heavy atom. The lowest BCUT2D eigenvalue weighted by molar-refractivity contribution is 0.416. The number of hydrogen-bond acceptors (Lipinski definition) is 4. The van der Waals surface area contributed by atoms with Crippen molar-refractivity contribution in [1.82, 2.24) is 14.8 Å². The summed E-state index contributed by atoms with van der Waals surface area (Å²) in [6.45, 7) is 0. The highest BCUT2D eigenvalue weighted by Gasteiger charge is 2.33. The van der Waals surface area contributed by atoms with Crippen LogP contribution in [0.1, 0.15) is 29.6 Å². The average molecular weight is 423 g/mol. The van der Waals surface area contributed by atoms with E-state index in [1.807, 2.05) is 24.3 Å². The molecule has 1 aliphatic heterocycles. The number of fused-ring (bicyclic) bond motifs is 1. The van der Waals surface area contributed by atoms with Crippen LogP contribution in [0, 0.1) is 5.82 Å². The molecule has 1 aliphatic rings. The lowest BCUT2D eigenvalue weighted by atomic mass is 9.93. The summed E-state index contributed by atoms with van der Waals surface area (Å²) < 4.78 is 17.1. The van der Waals surface area contributed by atoms with Crippen LogP contribution in [0.2, 0.25) is 5.02 Å². The Morgan fingerprint density at radius 2 is 2.00 bits per heavy atom. The Morgan fingerprint density at radius 1 is 1.24 bits per heavy atom. The smallest absolute Gasteiger partial charge is 0.241 e. The average Bonchev–Trinajstić information content (AvgIpc) is 2.95. The maximum Gasteiger partial charge on any atom is 0.241 e. The summed E-state index contributed by atoms with van der Waals surface area (Å²) in [5, 5.41) is 7.90. The molecule has 0 saturated carbocycles. The summed E-state index contributed by atoms with van der Waals surface area (Å²) in [5.74, 6) is 0.270. The van der Waals surface area contributed by atoms with Gasteiger partial charge in [0.05, 0.1) is 12.1 Å². The van der Waals surface area contributed by atoms with Crippen LogP contribution >= 0.6 is 27.5 Å². The van der Waals surface area contributed by atoms with Gasteiger partial charge in [-0.25, -0.2) is 9.07 Å². The molecule has 0 fully saturated rings. The summed E-state index contributed by atoms with van der Waals surface area (Å²) in [4.78, 5) is 4.22. The molecule has 0 aliphatic carbocycles. The number of rotatable bonds is 2. The van der Waals surface area contributed by atoms with Crippen LogP contribution in [0.25, 0.3) is 0 Å². The number of hydrogen-bond donors (Lipinski definition) is 2. The molecule has 0 amide bonds. The molecule has 4 rings (SSSR count). The summed E-state index contributed by atoms with van der Waals surface area (Å²) in [5.41, 5.74) is 7.23. The summed E-state index contributed by atoms with van der Waals surface area (Å²) in [7, 11) is 0. The molecular formula is C17H14BrClFN5. The van der Waals surface area contributed by atoms with Gasteiger partial charge in [0.2, 0.25) is 11.9 Å². The lowest BCUT2D eigenvalue weighted by Gasteiger charge is -2.32. The van der Waals surface area contributed by atoms with Crippen molar-refractivity contribution in [3.8, 4) is 0 Å². The van der Waals surface area contributed by atoms with E-state index < -0.39 is 6.04 Å². The second-order valence-corrected chi connectivity index (χ2v) is 7.20. The van der Waals surface area contributed by atoms with Gasteiger partial charge in [0.15, 0.2) is 0 Å². The number of aromatic nitrogens is 3. The highest BCUT2D eigenvalue weighted by molar-refractivity contribution is 9.10. The van der Waals surface area contributed by atoms with Gasteiger partial charge in [-0.15, -0.1) is 5.10 Å². The highest BCUT2D eigenvalue weighted by Crippen LogP contribution is 2.41. The molecule has 1 aromatic heterocycles. The first-order chi connectivity index (χ1) is 12.0. The molecule has 128 valence electrons. The Labute approximate surface area is 157 Å². The van der Waals surface area contributed by atoms with Crippen LogP contribution in [-0.4, -0.2) is 14.8 Å². The first-order valence-corrected chi connectivity index (χ1v) is 8.88. The zero-order valence-corrected chi connectivity index (χ0v) is 15.3. The van der Waals surface area contributed by atoms with Gasteiger partial charge >= 0.3 is 0 Å². The molecular weight excluding hydrogens is 409 g/mol. The van der Waals surface area contributed by atoms with Crippen LogP contribution in [-0.2, 0) is 0 Å². The fraction of sp³-hybridized carbons (Fsp3) is 0.176. The topological polar surface area (TPSA) is 68.8 Å². The molecule has 2 atom stereocenters. The van der Waals surface area contributed by atoms with Gasteiger partial charge < -0.3 is 11.1 Å². The number of halogens is 3. The van der Waals surface area contributed by atoms with Crippen LogP contribution in [0.3, 0.4) is 0 Å². The standard InChI is InChI=1S/C17H14BrClFN5/c18-10-6-4-9(5-7-10)13-8-14(15-11(19)2-1-3-12(15)20)25-17(22-13)23-16(21)24-25/h1-7,13-14H,8H2,(H3,21,22,23,24)/t13-,14+/m0/s1. The largest absolute Gasteiger partial charge is 0.366 e. The third-order valence-electron chi connectivity index (χ3n) is 4.31. The number of benzene rings is 2. The molecule has 8 heteroatoms. The van der Waals surface area contributed by atoms with Crippen LogP contribution in [0.5, 0.6) is 0 Å². The summed E-state index contributed by atoms with van der Waals surface area (Å²) in [6.07, 6.45) is 0.568. The van der Waals surface area contributed by atoms with Crippen molar-refractivity contribution in [2.45, 2.75) is 18.5 Å². The molecule has 0 bridgehead atoms. The normalized spacial score (nSPS) is 19.3. The first-order valence-electron chi connectivity index (χ1n) is 7.71. The van der Waals surface area contributed by atoms with Gasteiger partial charge in [-0.05, 0) is 36.2 Å². The number of nitrogens with one attached hydrogen (secondary N) is 1. The second-order valence-electron chi connectivity index (χ2n) is 5.87. The van der Waals surface area contributed by atoms with Gasteiger partial charge in [0.1, 0.15) is 5.82 Å². The van der Waals surface area contributed by atoms with E-state index in [0.29, 0.717) is 23.0 Å². The van der Waals surface area contributed by atoms with Gasteiger partial charge in [-0.2, -0.15) is 4.98 Å². The van der Waals surface area contributed by atoms with Crippen molar-refractivity contribution in [1.29, 1.82) is 0 Å². The first kappa shape index (κ1) is 16.4. The predicted molar refractivity (Wildman–Crippen MR) is 99.1 cm³/mol. The number of nitrogens with two attached hydrogens (primary N) is 1. The van der Waals surface area contributed by atoms with E-state index in [-0.39, 0.29) is 17.8 Å². The van der Waals surface area contributed by atoms with Crippen LogP contribution in [0.15, 0.2) is 46.9 Å². The fourth-order valence-electron chi connectivity index (χ4n) is 3.18. The minimum Gasteiger partial charge on any atom is -0.366 e. The number of nitrogen functional groups attached to an aromatic ring is 1. The maximum atomic E-state index is 14.5. The van der Waals surface area contributed by atoms with Gasteiger partial charge in [-0.1, -0.05) is 45.7 Å². The van der Waals surface area contributed by atoms with E-state index >= 15 is 0 Å². The van der Waals surface area contributed by atoms with E-state index in [1.165, 1.54) is 6.07 Å². The minimum absolute atomic E-state index is 0.0649. The van der Waals surface area contributed by atoms with E-state index in [2.05, 4.69) is 31.3 Å². The molecule has 2 aromatic carbocycles. The Kier molecular flexibility index (Phi) is 4.13. The third kappa shape index (κ3) is 2.98. The lowest BCUT2D eigenvalue weighted by Crippen LogP contribution is -2.28. The Bertz CT molecular complexity index is 907. The molecule has 0 unspecified atom stereocenters. The van der Waals surface area contributed by atoms with Crippen LogP contribution in [0.4, 0.5) is 16.3 Å². The van der Waals surface area contributed by atoms with Crippen molar-refractivity contribution in [3.05, 3.63) is 68.9 Å². The maximum absolute atomic E-state index is 14.5. The summed E-state index contributed by atoms with van der Waals surface area (Å²) in [6, 6.07) is 12.2. The highest BCUT2D eigenvalue weighted by atomic mass is 79.9. The quantitative estimate of drug-likeness (QED) is 0.635. The zero-order chi connectivity index (χ0) is 17.6. The van der Waals surface area contributed by atoms with Gasteiger partial charge in [-0.3, -0.25) is 0 Å². The predicted octanol–water partition coefficient (Wildman–Crippen LogP) is 4.56. The second kappa shape index (κ2) is 6.31. The van der Waals surface area contributed by atoms with Crippen molar-refractivity contribution >= 4 is 39.4 Å².